The monoisotopic (exact) mass is 346 g/mol. The van der Waals surface area contributed by atoms with Crippen LogP contribution in [0.5, 0.6) is 0 Å². The van der Waals surface area contributed by atoms with E-state index in [1.807, 2.05) is 19.9 Å². The van der Waals surface area contributed by atoms with E-state index >= 15 is 0 Å². The van der Waals surface area contributed by atoms with Crippen LogP contribution in [0.1, 0.15) is 42.6 Å². The van der Waals surface area contributed by atoms with Gasteiger partial charge in [0.05, 0.1) is 0 Å². The number of urea groups is 1. The van der Waals surface area contributed by atoms with Crippen molar-refractivity contribution in [3.05, 3.63) is 29.3 Å². The maximum absolute atomic E-state index is 12.5. The zero-order chi connectivity index (χ0) is 18.4. The van der Waals surface area contributed by atoms with Gasteiger partial charge in [0.25, 0.3) is 5.91 Å². The fourth-order valence-electron chi connectivity index (χ4n) is 2.78. The third kappa shape index (κ3) is 5.20. The largest absolute Gasteiger partial charge is 0.352 e. The summed E-state index contributed by atoms with van der Waals surface area (Å²) in [5, 5.41) is 8.53. The van der Waals surface area contributed by atoms with Crippen molar-refractivity contribution in [2.45, 2.75) is 39.7 Å². The van der Waals surface area contributed by atoms with Crippen molar-refractivity contribution in [1.29, 1.82) is 0 Å². The second kappa shape index (κ2) is 8.50. The van der Waals surface area contributed by atoms with Crippen LogP contribution in [0.2, 0.25) is 0 Å². The molecule has 4 amide bonds. The third-order valence-electron chi connectivity index (χ3n) is 4.16. The van der Waals surface area contributed by atoms with Crippen LogP contribution in [-0.4, -0.2) is 48.4 Å². The minimum absolute atomic E-state index is 0.00416. The number of carbonyl (C=O) groups excluding carboxylic acids is 3. The lowest BCUT2D eigenvalue weighted by Crippen LogP contribution is -2.39. The van der Waals surface area contributed by atoms with Gasteiger partial charge in [-0.15, -0.1) is 0 Å². The summed E-state index contributed by atoms with van der Waals surface area (Å²) >= 11 is 0. The molecule has 1 aromatic rings. The van der Waals surface area contributed by atoms with Crippen LogP contribution in [0.25, 0.3) is 0 Å². The summed E-state index contributed by atoms with van der Waals surface area (Å²) in [6.07, 6.45) is 1.61. The Morgan fingerprint density at radius 3 is 2.72 bits per heavy atom. The zero-order valence-electron chi connectivity index (χ0n) is 15.0. The molecule has 1 aliphatic rings. The Bertz CT molecular complexity index is 660. The van der Waals surface area contributed by atoms with Gasteiger partial charge in [0, 0.05) is 43.9 Å². The molecule has 7 nitrogen and oxygen atoms in total. The molecule has 0 radical (unpaired) electrons. The molecule has 0 aromatic heterocycles. The molecule has 0 spiro atoms. The van der Waals surface area contributed by atoms with Crippen molar-refractivity contribution in [2.75, 3.05) is 25.0 Å². The Morgan fingerprint density at radius 2 is 2.04 bits per heavy atom. The summed E-state index contributed by atoms with van der Waals surface area (Å²) in [5.41, 5.74) is 2.03. The molecule has 1 aliphatic heterocycles. The maximum Gasteiger partial charge on any atom is 0.321 e. The Morgan fingerprint density at radius 1 is 1.28 bits per heavy atom. The molecule has 136 valence electrons. The Balaban J connectivity index is 2.00. The Labute approximate surface area is 148 Å². The smallest absolute Gasteiger partial charge is 0.321 e. The van der Waals surface area contributed by atoms with Crippen LogP contribution in [0.15, 0.2) is 18.2 Å². The highest BCUT2D eigenvalue weighted by Crippen LogP contribution is 2.19. The number of hydrogen-bond donors (Lipinski definition) is 3. The van der Waals surface area contributed by atoms with Gasteiger partial charge in [-0.05, 0) is 37.5 Å². The number of hydrogen-bond acceptors (Lipinski definition) is 3. The molecule has 7 heteroatoms. The van der Waals surface area contributed by atoms with Crippen molar-refractivity contribution >= 4 is 23.5 Å². The molecule has 0 saturated carbocycles. The first kappa shape index (κ1) is 18.8. The lowest BCUT2D eigenvalue weighted by molar-refractivity contribution is -0.119. The quantitative estimate of drug-likeness (QED) is 0.760. The van der Waals surface area contributed by atoms with Crippen LogP contribution < -0.4 is 16.0 Å². The number of nitrogens with zero attached hydrogens (tertiary/aromatic N) is 1. The van der Waals surface area contributed by atoms with E-state index in [2.05, 4.69) is 16.0 Å². The van der Waals surface area contributed by atoms with Crippen LogP contribution in [-0.2, 0) is 4.79 Å². The van der Waals surface area contributed by atoms with Crippen LogP contribution in [0, 0.1) is 6.92 Å². The average molecular weight is 346 g/mol. The average Bonchev–Trinajstić information content (AvgIpc) is 3.02. The highest BCUT2D eigenvalue weighted by atomic mass is 16.2. The summed E-state index contributed by atoms with van der Waals surface area (Å²) < 4.78 is 0. The summed E-state index contributed by atoms with van der Waals surface area (Å²) in [7, 11) is 0. The van der Waals surface area contributed by atoms with Gasteiger partial charge in [-0.25, -0.2) is 4.79 Å². The van der Waals surface area contributed by atoms with Gasteiger partial charge in [-0.3, -0.25) is 9.59 Å². The van der Waals surface area contributed by atoms with Crippen molar-refractivity contribution in [1.82, 2.24) is 15.5 Å². The molecule has 1 atom stereocenters. The summed E-state index contributed by atoms with van der Waals surface area (Å²) in [4.78, 5) is 37.3. The normalized spacial score (nSPS) is 16.4. The standard InChI is InChI=1S/C18H26N4O3/c1-4-8-19-17(24)14-6-5-12(2)16(10-14)21-18(25)22-9-7-15(11-22)20-13(3)23/h5-6,10,15H,4,7-9,11H2,1-3H3,(H,19,24)(H,20,23)(H,21,25)/t15-/m1/s1. The Kier molecular flexibility index (Phi) is 6.38. The van der Waals surface area contributed by atoms with E-state index in [0.717, 1.165) is 18.4 Å². The Hall–Kier alpha value is -2.57. The molecular weight excluding hydrogens is 320 g/mol. The molecule has 1 heterocycles. The second-order valence-electron chi connectivity index (χ2n) is 6.35. The van der Waals surface area contributed by atoms with E-state index in [4.69, 9.17) is 0 Å². The van der Waals surface area contributed by atoms with Crippen molar-refractivity contribution in [3.8, 4) is 0 Å². The van der Waals surface area contributed by atoms with E-state index in [1.165, 1.54) is 6.92 Å². The topological polar surface area (TPSA) is 90.5 Å². The third-order valence-corrected chi connectivity index (χ3v) is 4.16. The second-order valence-corrected chi connectivity index (χ2v) is 6.35. The van der Waals surface area contributed by atoms with Crippen molar-refractivity contribution in [2.24, 2.45) is 0 Å². The van der Waals surface area contributed by atoms with Gasteiger partial charge in [0.1, 0.15) is 0 Å². The predicted octanol–water partition coefficient (Wildman–Crippen LogP) is 1.88. The lowest BCUT2D eigenvalue weighted by Gasteiger charge is -2.19. The minimum Gasteiger partial charge on any atom is -0.352 e. The van der Waals surface area contributed by atoms with Crippen LogP contribution >= 0.6 is 0 Å². The van der Waals surface area contributed by atoms with Gasteiger partial charge in [0.15, 0.2) is 0 Å². The molecule has 3 N–H and O–H groups in total. The molecule has 25 heavy (non-hydrogen) atoms. The molecule has 1 fully saturated rings. The van der Waals surface area contributed by atoms with Crippen LogP contribution in [0.3, 0.4) is 0 Å². The number of amides is 4. The number of likely N-dealkylation sites (tertiary alicyclic amines) is 1. The van der Waals surface area contributed by atoms with E-state index < -0.39 is 0 Å². The highest BCUT2D eigenvalue weighted by Gasteiger charge is 2.27. The fourth-order valence-corrected chi connectivity index (χ4v) is 2.78. The molecule has 1 saturated heterocycles. The summed E-state index contributed by atoms with van der Waals surface area (Å²) in [6, 6.07) is 5.04. The molecule has 0 unspecified atom stereocenters. The van der Waals surface area contributed by atoms with E-state index in [-0.39, 0.29) is 23.9 Å². The highest BCUT2D eigenvalue weighted by molar-refractivity contribution is 5.97. The van der Waals surface area contributed by atoms with Gasteiger partial charge in [-0.2, -0.15) is 0 Å². The number of anilines is 1. The maximum atomic E-state index is 12.5. The number of aryl methyl sites for hydroxylation is 1. The molecular formula is C18H26N4O3. The summed E-state index contributed by atoms with van der Waals surface area (Å²) in [6.45, 7) is 7.04. The van der Waals surface area contributed by atoms with Gasteiger partial charge < -0.3 is 20.9 Å². The number of rotatable bonds is 5. The van der Waals surface area contributed by atoms with Gasteiger partial charge >= 0.3 is 6.03 Å². The minimum atomic E-state index is -0.220. The number of benzene rings is 1. The number of nitrogens with one attached hydrogen (secondary N) is 3. The predicted molar refractivity (Wildman–Crippen MR) is 96.6 cm³/mol. The molecule has 2 rings (SSSR count). The molecule has 1 aromatic carbocycles. The van der Waals surface area contributed by atoms with Crippen molar-refractivity contribution < 1.29 is 14.4 Å². The first-order valence-corrected chi connectivity index (χ1v) is 8.62. The van der Waals surface area contributed by atoms with Crippen LogP contribution in [0.4, 0.5) is 10.5 Å². The summed E-state index contributed by atoms with van der Waals surface area (Å²) in [5.74, 6) is -0.238. The van der Waals surface area contributed by atoms with E-state index in [1.54, 1.807) is 17.0 Å². The lowest BCUT2D eigenvalue weighted by atomic mass is 10.1. The molecule has 0 aliphatic carbocycles. The van der Waals surface area contributed by atoms with E-state index in [9.17, 15) is 14.4 Å². The first-order valence-electron chi connectivity index (χ1n) is 8.62. The zero-order valence-corrected chi connectivity index (χ0v) is 15.0. The van der Waals surface area contributed by atoms with Crippen molar-refractivity contribution in [3.63, 3.8) is 0 Å². The van der Waals surface area contributed by atoms with Gasteiger partial charge in [0.2, 0.25) is 5.91 Å². The fraction of sp³-hybridized carbons (Fsp3) is 0.500. The first-order chi connectivity index (χ1) is 11.9. The SMILES string of the molecule is CCCNC(=O)c1ccc(C)c(NC(=O)N2CC[C@@H](NC(C)=O)C2)c1. The molecule has 0 bridgehead atoms. The van der Waals surface area contributed by atoms with Gasteiger partial charge in [-0.1, -0.05) is 13.0 Å². The van der Waals surface area contributed by atoms with E-state index in [0.29, 0.717) is 30.9 Å². The number of carbonyl (C=O) groups is 3.